The predicted molar refractivity (Wildman–Crippen MR) is 92.1 cm³/mol. The molecule has 2 aromatic carbocycles. The van der Waals surface area contributed by atoms with Crippen molar-refractivity contribution >= 4 is 11.6 Å². The Kier molecular flexibility index (Phi) is 4.98. The van der Waals surface area contributed by atoms with Crippen molar-refractivity contribution in [1.82, 2.24) is 14.8 Å². The summed E-state index contributed by atoms with van der Waals surface area (Å²) in [5.74, 6) is -0.468. The van der Waals surface area contributed by atoms with Crippen molar-refractivity contribution in [3.05, 3.63) is 48.5 Å². The van der Waals surface area contributed by atoms with E-state index < -0.39 is 18.0 Å². The monoisotopic (exact) mass is 410 g/mol. The maximum Gasteiger partial charge on any atom is 0.499 e. The molecule has 0 spiro atoms. The van der Waals surface area contributed by atoms with Crippen LogP contribution < -0.4 is 15.8 Å². The normalized spacial score (nSPS) is 11.7. The molecule has 0 unspecified atom stereocenters. The number of rotatable bonds is 5. The van der Waals surface area contributed by atoms with Crippen LogP contribution in [0.4, 0.5) is 33.6 Å². The minimum absolute atomic E-state index is 0.00798. The van der Waals surface area contributed by atoms with E-state index in [0.29, 0.717) is 11.3 Å². The van der Waals surface area contributed by atoms with Crippen LogP contribution in [0.3, 0.4) is 0 Å². The number of alkyl halides is 5. The summed E-state index contributed by atoms with van der Waals surface area (Å²) < 4.78 is 67.6. The molecule has 7 nitrogen and oxygen atoms in total. The van der Waals surface area contributed by atoms with Gasteiger partial charge < -0.3 is 10.5 Å². The van der Waals surface area contributed by atoms with Gasteiger partial charge in [-0.1, -0.05) is 0 Å². The first kappa shape index (κ1) is 19.9. The third kappa shape index (κ3) is 4.18. The van der Waals surface area contributed by atoms with Crippen molar-refractivity contribution in [3.8, 4) is 29.0 Å². The summed E-state index contributed by atoms with van der Waals surface area (Å²) in [4.78, 5) is 4.17. The number of nitriles is 1. The quantitative estimate of drug-likeness (QED) is 0.286. The van der Waals surface area contributed by atoms with Gasteiger partial charge in [0, 0.05) is 11.3 Å². The summed E-state index contributed by atoms with van der Waals surface area (Å²) in [6.07, 6.45) is -9.50. The number of aromatic nitrogens is 3. The standard InChI is InChI=1S/C17H11F5N6O/c18-16(19,20)17(21,22)29-13-7-5-12(6-8-13)28-15(25-9-23)26-14(27-28)10-1-3-11(24)4-2-10/h1-8H,24H2,(H,25,26,27). The lowest BCUT2D eigenvalue weighted by Gasteiger charge is -2.20. The molecule has 1 aromatic heterocycles. The molecule has 0 aliphatic carbocycles. The second-order valence-electron chi connectivity index (χ2n) is 5.64. The molecule has 1 heterocycles. The molecular weight excluding hydrogens is 399 g/mol. The van der Waals surface area contributed by atoms with E-state index in [0.717, 1.165) is 12.1 Å². The number of nitrogens with two attached hydrogens (primary N) is 1. The molecule has 150 valence electrons. The maximum absolute atomic E-state index is 13.0. The van der Waals surface area contributed by atoms with Crippen molar-refractivity contribution in [2.45, 2.75) is 12.3 Å². The molecule has 12 heteroatoms. The Morgan fingerprint density at radius 3 is 2.17 bits per heavy atom. The highest BCUT2D eigenvalue weighted by atomic mass is 19.4. The number of nitrogen functional groups attached to an aromatic ring is 1. The van der Waals surface area contributed by atoms with Crippen LogP contribution in [0.15, 0.2) is 48.5 Å². The number of hydrogen-bond donors (Lipinski definition) is 2. The van der Waals surface area contributed by atoms with Gasteiger partial charge in [0.15, 0.2) is 12.0 Å². The molecule has 0 saturated carbocycles. The van der Waals surface area contributed by atoms with Crippen LogP contribution in [0, 0.1) is 11.5 Å². The van der Waals surface area contributed by atoms with Crippen LogP contribution in [0.2, 0.25) is 0 Å². The molecule has 0 radical (unpaired) electrons. The van der Waals surface area contributed by atoms with E-state index in [1.165, 1.54) is 16.8 Å². The van der Waals surface area contributed by atoms with Crippen LogP contribution in [-0.2, 0) is 0 Å². The van der Waals surface area contributed by atoms with Crippen molar-refractivity contribution in [2.75, 3.05) is 11.1 Å². The molecule has 0 aliphatic heterocycles. The van der Waals surface area contributed by atoms with Gasteiger partial charge in [-0.25, -0.2) is 0 Å². The molecule has 3 aromatic rings. The van der Waals surface area contributed by atoms with Gasteiger partial charge in [0.25, 0.3) is 0 Å². The lowest BCUT2D eigenvalue weighted by Crippen LogP contribution is -2.41. The lowest BCUT2D eigenvalue weighted by molar-refractivity contribution is -0.360. The number of halogens is 5. The Hall–Kier alpha value is -3.88. The highest BCUT2D eigenvalue weighted by molar-refractivity contribution is 5.61. The van der Waals surface area contributed by atoms with Gasteiger partial charge >= 0.3 is 12.3 Å². The number of nitrogens with one attached hydrogen (secondary N) is 1. The largest absolute Gasteiger partial charge is 0.499 e. The Labute approximate surface area is 160 Å². The zero-order valence-electron chi connectivity index (χ0n) is 14.3. The van der Waals surface area contributed by atoms with Crippen molar-refractivity contribution < 1.29 is 26.7 Å². The van der Waals surface area contributed by atoms with Crippen molar-refractivity contribution in [3.63, 3.8) is 0 Å². The maximum atomic E-state index is 13.0. The first-order valence-electron chi connectivity index (χ1n) is 7.83. The smallest absolute Gasteiger partial charge is 0.426 e. The number of nitrogens with zero attached hydrogens (tertiary/aromatic N) is 4. The van der Waals surface area contributed by atoms with Gasteiger partial charge in [-0.05, 0) is 48.5 Å². The molecule has 0 bridgehead atoms. The second kappa shape index (κ2) is 7.27. The SMILES string of the molecule is N#CNc1nc(-c2ccc(N)cc2)nn1-c1ccc(OC(F)(F)C(F)(F)F)cc1. The molecule has 3 rings (SSSR count). The average Bonchev–Trinajstić information content (AvgIpc) is 3.06. The van der Waals surface area contributed by atoms with Crippen LogP contribution >= 0.6 is 0 Å². The summed E-state index contributed by atoms with van der Waals surface area (Å²) in [6.45, 7) is 0. The second-order valence-corrected chi connectivity index (χ2v) is 5.64. The number of ether oxygens (including phenoxy) is 1. The third-order valence-corrected chi connectivity index (χ3v) is 3.60. The summed E-state index contributed by atoms with van der Waals surface area (Å²) in [7, 11) is 0. The highest BCUT2D eigenvalue weighted by Crippen LogP contribution is 2.37. The minimum atomic E-state index is -5.85. The van der Waals surface area contributed by atoms with E-state index in [1.807, 2.05) is 0 Å². The molecule has 0 saturated heterocycles. The van der Waals surface area contributed by atoms with Crippen molar-refractivity contribution in [1.29, 1.82) is 5.26 Å². The predicted octanol–water partition coefficient (Wildman–Crippen LogP) is 3.94. The van der Waals surface area contributed by atoms with E-state index in [-0.39, 0.29) is 17.5 Å². The summed E-state index contributed by atoms with van der Waals surface area (Å²) in [5, 5.41) is 15.4. The summed E-state index contributed by atoms with van der Waals surface area (Å²) >= 11 is 0. The number of hydrogen-bond acceptors (Lipinski definition) is 6. The fraction of sp³-hybridized carbons (Fsp3) is 0.118. The van der Waals surface area contributed by atoms with Crippen LogP contribution in [0.25, 0.3) is 17.1 Å². The Morgan fingerprint density at radius 2 is 1.62 bits per heavy atom. The Balaban J connectivity index is 1.92. The third-order valence-electron chi connectivity index (χ3n) is 3.60. The molecule has 0 fully saturated rings. The molecular formula is C17H11F5N6O. The van der Waals surface area contributed by atoms with Gasteiger partial charge in [0.1, 0.15) is 5.75 Å². The van der Waals surface area contributed by atoms with E-state index in [2.05, 4.69) is 20.1 Å². The topological polar surface area (TPSA) is 102 Å². The zero-order valence-corrected chi connectivity index (χ0v) is 14.3. The Bertz CT molecular complexity index is 1040. The van der Waals surface area contributed by atoms with E-state index in [1.54, 1.807) is 30.5 Å². The van der Waals surface area contributed by atoms with Gasteiger partial charge in [-0.2, -0.15) is 36.9 Å². The summed E-state index contributed by atoms with van der Waals surface area (Å²) in [5.41, 5.74) is 6.97. The van der Waals surface area contributed by atoms with E-state index in [9.17, 15) is 22.0 Å². The molecule has 29 heavy (non-hydrogen) atoms. The van der Waals surface area contributed by atoms with Gasteiger partial charge in [0.05, 0.1) is 5.69 Å². The van der Waals surface area contributed by atoms with E-state index >= 15 is 0 Å². The highest BCUT2D eigenvalue weighted by Gasteiger charge is 2.61. The minimum Gasteiger partial charge on any atom is -0.426 e. The fourth-order valence-electron chi connectivity index (χ4n) is 2.24. The van der Waals surface area contributed by atoms with Crippen molar-refractivity contribution in [2.24, 2.45) is 0 Å². The first-order chi connectivity index (χ1) is 13.6. The Morgan fingerprint density at radius 1 is 1.00 bits per heavy atom. The van der Waals surface area contributed by atoms with Gasteiger partial charge in [0.2, 0.25) is 5.95 Å². The van der Waals surface area contributed by atoms with Gasteiger partial charge in [-0.15, -0.1) is 5.10 Å². The molecule has 0 amide bonds. The molecule has 3 N–H and O–H groups in total. The average molecular weight is 410 g/mol. The molecule has 0 atom stereocenters. The first-order valence-corrected chi connectivity index (χ1v) is 7.83. The fourth-order valence-corrected chi connectivity index (χ4v) is 2.24. The van der Waals surface area contributed by atoms with Gasteiger partial charge in [-0.3, -0.25) is 5.32 Å². The number of benzene rings is 2. The summed E-state index contributed by atoms with van der Waals surface area (Å²) in [6, 6.07) is 10.8. The zero-order chi connectivity index (χ0) is 21.2. The lowest BCUT2D eigenvalue weighted by atomic mass is 10.2. The number of anilines is 2. The molecule has 0 aliphatic rings. The van der Waals surface area contributed by atoms with Crippen LogP contribution in [0.1, 0.15) is 0 Å². The van der Waals surface area contributed by atoms with Crippen LogP contribution in [-0.4, -0.2) is 27.0 Å². The van der Waals surface area contributed by atoms with Crippen LogP contribution in [0.5, 0.6) is 5.75 Å². The van der Waals surface area contributed by atoms with E-state index in [4.69, 9.17) is 11.0 Å².